The molecule has 2 rings (SSSR count). The highest BCUT2D eigenvalue weighted by Crippen LogP contribution is 2.28. The molecule has 118 valence electrons. The third-order valence-corrected chi connectivity index (χ3v) is 6.81. The van der Waals surface area contributed by atoms with Crippen LogP contribution in [-0.4, -0.2) is 25.8 Å². The van der Waals surface area contributed by atoms with Crippen molar-refractivity contribution in [1.29, 1.82) is 0 Å². The Balaban J connectivity index is 2.21. The lowest BCUT2D eigenvalue weighted by molar-refractivity contribution is 0.400. The number of aryl methyl sites for hydroxylation is 1. The van der Waals surface area contributed by atoms with Crippen molar-refractivity contribution in [1.82, 2.24) is 4.31 Å². The summed E-state index contributed by atoms with van der Waals surface area (Å²) >= 11 is 3.38. The van der Waals surface area contributed by atoms with Crippen molar-refractivity contribution in [3.63, 3.8) is 0 Å². The van der Waals surface area contributed by atoms with Gasteiger partial charge in [-0.05, 0) is 49.8 Å². The average Bonchev–Trinajstić information content (AvgIpc) is 2.68. The van der Waals surface area contributed by atoms with Gasteiger partial charge in [-0.3, -0.25) is 0 Å². The maximum atomic E-state index is 12.9. The Hall–Kier alpha value is -0.390. The second-order valence-electron chi connectivity index (χ2n) is 5.90. The monoisotopic (exact) mass is 373 g/mol. The highest BCUT2D eigenvalue weighted by Gasteiger charge is 2.28. The Morgan fingerprint density at radius 2 is 2.05 bits per heavy atom. The molecule has 0 saturated carbocycles. The van der Waals surface area contributed by atoms with E-state index in [-0.39, 0.29) is 0 Å². The number of halogens is 1. The van der Waals surface area contributed by atoms with Gasteiger partial charge in [-0.2, -0.15) is 4.31 Å². The van der Waals surface area contributed by atoms with Crippen LogP contribution >= 0.6 is 15.9 Å². The van der Waals surface area contributed by atoms with E-state index in [0.29, 0.717) is 23.9 Å². The summed E-state index contributed by atoms with van der Waals surface area (Å²) in [5.41, 5.74) is 0.813. The Bertz CT molecular complexity index is 586. The molecule has 0 amide bonds. The van der Waals surface area contributed by atoms with E-state index < -0.39 is 10.0 Å². The van der Waals surface area contributed by atoms with Gasteiger partial charge >= 0.3 is 0 Å². The molecule has 0 N–H and O–H groups in total. The first-order valence-electron chi connectivity index (χ1n) is 7.71. The Morgan fingerprint density at radius 1 is 1.29 bits per heavy atom. The SMILES string of the molecule is CCCC1CCCN(S(=O)(=O)c2cc(Br)ccc2C)CC1. The van der Waals surface area contributed by atoms with Gasteiger partial charge in [0.1, 0.15) is 0 Å². The van der Waals surface area contributed by atoms with Crippen LogP contribution in [0.3, 0.4) is 0 Å². The highest BCUT2D eigenvalue weighted by atomic mass is 79.9. The molecular weight excluding hydrogens is 350 g/mol. The lowest BCUT2D eigenvalue weighted by Gasteiger charge is -2.21. The van der Waals surface area contributed by atoms with Crippen LogP contribution in [0.15, 0.2) is 27.6 Å². The van der Waals surface area contributed by atoms with Crippen LogP contribution in [0.5, 0.6) is 0 Å². The summed E-state index contributed by atoms with van der Waals surface area (Å²) in [6.07, 6.45) is 5.50. The quantitative estimate of drug-likeness (QED) is 0.786. The fourth-order valence-electron chi connectivity index (χ4n) is 3.07. The number of rotatable bonds is 4. The summed E-state index contributed by atoms with van der Waals surface area (Å²) in [4.78, 5) is 0.436. The predicted molar refractivity (Wildman–Crippen MR) is 89.9 cm³/mol. The molecule has 0 bridgehead atoms. The van der Waals surface area contributed by atoms with E-state index in [1.54, 1.807) is 10.4 Å². The first kappa shape index (κ1) is 17.0. The summed E-state index contributed by atoms with van der Waals surface area (Å²) in [7, 11) is -3.37. The van der Waals surface area contributed by atoms with Crippen molar-refractivity contribution in [3.8, 4) is 0 Å². The van der Waals surface area contributed by atoms with E-state index in [1.807, 2.05) is 19.1 Å². The maximum absolute atomic E-state index is 12.9. The molecular formula is C16H24BrNO2S. The third-order valence-electron chi connectivity index (χ3n) is 4.27. The molecule has 1 atom stereocenters. The van der Waals surface area contributed by atoms with E-state index in [9.17, 15) is 8.42 Å². The van der Waals surface area contributed by atoms with E-state index >= 15 is 0 Å². The second kappa shape index (κ2) is 7.25. The molecule has 1 aliphatic rings. The fraction of sp³-hybridized carbons (Fsp3) is 0.625. The Morgan fingerprint density at radius 3 is 2.76 bits per heavy atom. The van der Waals surface area contributed by atoms with Crippen LogP contribution in [0, 0.1) is 12.8 Å². The number of hydrogen-bond acceptors (Lipinski definition) is 2. The largest absolute Gasteiger partial charge is 0.243 e. The van der Waals surface area contributed by atoms with Crippen LogP contribution in [0.25, 0.3) is 0 Å². The maximum Gasteiger partial charge on any atom is 0.243 e. The summed E-state index contributed by atoms with van der Waals surface area (Å²) < 4.78 is 28.3. The molecule has 1 fully saturated rings. The minimum Gasteiger partial charge on any atom is -0.207 e. The molecule has 21 heavy (non-hydrogen) atoms. The van der Waals surface area contributed by atoms with Gasteiger partial charge in [0.25, 0.3) is 0 Å². The molecule has 3 nitrogen and oxygen atoms in total. The molecule has 1 aromatic carbocycles. The van der Waals surface area contributed by atoms with E-state index in [1.165, 1.54) is 12.8 Å². The summed E-state index contributed by atoms with van der Waals surface area (Å²) in [6, 6.07) is 5.46. The third kappa shape index (κ3) is 4.08. The van der Waals surface area contributed by atoms with Crippen molar-refractivity contribution in [2.45, 2.75) is 50.8 Å². The van der Waals surface area contributed by atoms with Gasteiger partial charge in [-0.15, -0.1) is 0 Å². The van der Waals surface area contributed by atoms with Gasteiger partial charge in [0.2, 0.25) is 10.0 Å². The van der Waals surface area contributed by atoms with Crippen LogP contribution in [-0.2, 0) is 10.0 Å². The molecule has 1 heterocycles. The number of sulfonamides is 1. The van der Waals surface area contributed by atoms with Crippen molar-refractivity contribution in [2.75, 3.05) is 13.1 Å². The molecule has 0 aliphatic carbocycles. The molecule has 0 radical (unpaired) electrons. The standard InChI is InChI=1S/C16H24BrNO2S/c1-3-5-14-6-4-10-18(11-9-14)21(19,20)16-12-15(17)8-7-13(16)2/h7-8,12,14H,3-6,9-11H2,1-2H3. The molecule has 1 saturated heterocycles. The van der Waals surface area contributed by atoms with E-state index in [0.717, 1.165) is 29.3 Å². The first-order valence-corrected chi connectivity index (χ1v) is 9.94. The molecule has 1 aliphatic heterocycles. The first-order chi connectivity index (χ1) is 9.95. The molecule has 1 aromatic rings. The van der Waals surface area contributed by atoms with Gasteiger partial charge in [-0.25, -0.2) is 8.42 Å². The van der Waals surface area contributed by atoms with Gasteiger partial charge in [0.05, 0.1) is 4.90 Å². The molecule has 0 spiro atoms. The minimum atomic E-state index is -3.37. The molecule has 5 heteroatoms. The Labute approximate surface area is 136 Å². The zero-order valence-corrected chi connectivity index (χ0v) is 15.2. The summed E-state index contributed by atoms with van der Waals surface area (Å²) in [5.74, 6) is 0.679. The summed E-state index contributed by atoms with van der Waals surface area (Å²) in [6.45, 7) is 5.36. The summed E-state index contributed by atoms with van der Waals surface area (Å²) in [5, 5.41) is 0. The molecule has 0 aromatic heterocycles. The van der Waals surface area contributed by atoms with Crippen LogP contribution in [0.4, 0.5) is 0 Å². The normalized spacial score (nSPS) is 21.2. The smallest absolute Gasteiger partial charge is 0.207 e. The van der Waals surface area contributed by atoms with Crippen LogP contribution in [0.2, 0.25) is 0 Å². The van der Waals surface area contributed by atoms with Crippen molar-refractivity contribution >= 4 is 26.0 Å². The molecule has 1 unspecified atom stereocenters. The second-order valence-corrected chi connectivity index (χ2v) is 8.72. The number of nitrogens with zero attached hydrogens (tertiary/aromatic N) is 1. The van der Waals surface area contributed by atoms with Gasteiger partial charge in [0.15, 0.2) is 0 Å². The lowest BCUT2D eigenvalue weighted by atomic mass is 9.96. The zero-order valence-electron chi connectivity index (χ0n) is 12.8. The number of hydrogen-bond donors (Lipinski definition) is 0. The Kier molecular flexibility index (Phi) is 5.86. The predicted octanol–water partition coefficient (Wildman–Crippen LogP) is 4.35. The average molecular weight is 374 g/mol. The highest BCUT2D eigenvalue weighted by molar-refractivity contribution is 9.10. The number of benzene rings is 1. The fourth-order valence-corrected chi connectivity index (χ4v) is 5.32. The van der Waals surface area contributed by atoms with Gasteiger partial charge in [0, 0.05) is 17.6 Å². The van der Waals surface area contributed by atoms with E-state index in [2.05, 4.69) is 22.9 Å². The van der Waals surface area contributed by atoms with Crippen molar-refractivity contribution in [3.05, 3.63) is 28.2 Å². The van der Waals surface area contributed by atoms with Gasteiger partial charge < -0.3 is 0 Å². The van der Waals surface area contributed by atoms with Crippen molar-refractivity contribution in [2.24, 2.45) is 5.92 Å². The zero-order chi connectivity index (χ0) is 15.5. The van der Waals surface area contributed by atoms with E-state index in [4.69, 9.17) is 0 Å². The van der Waals surface area contributed by atoms with Crippen LogP contribution < -0.4 is 0 Å². The van der Waals surface area contributed by atoms with Crippen molar-refractivity contribution < 1.29 is 8.42 Å². The lowest BCUT2D eigenvalue weighted by Crippen LogP contribution is -2.32. The topological polar surface area (TPSA) is 37.4 Å². The van der Waals surface area contributed by atoms with Crippen LogP contribution in [0.1, 0.15) is 44.6 Å². The minimum absolute atomic E-state index is 0.436. The van der Waals surface area contributed by atoms with Gasteiger partial charge in [-0.1, -0.05) is 41.8 Å².